The molecule has 0 bridgehead atoms. The molecule has 1 aromatic rings. The van der Waals surface area contributed by atoms with Gasteiger partial charge in [-0.2, -0.15) is 11.8 Å². The Morgan fingerprint density at radius 2 is 1.86 bits per heavy atom. The van der Waals surface area contributed by atoms with Gasteiger partial charge in [-0.1, -0.05) is 56.5 Å². The molecule has 3 heteroatoms. The molecular weight excluding hydrogens is 288 g/mol. The third-order valence-corrected chi connectivity index (χ3v) is 5.64. The highest BCUT2D eigenvalue weighted by Crippen LogP contribution is 2.22. The molecule has 0 spiro atoms. The fourth-order valence-electron chi connectivity index (χ4n) is 3.30. The number of rotatable bonds is 10. The molecule has 1 saturated carbocycles. The number of hydrogen-bond donors (Lipinski definition) is 1. The Hall–Kier alpha value is -0.510. The van der Waals surface area contributed by atoms with Crippen LogP contribution in [0.15, 0.2) is 30.3 Å². The monoisotopic (exact) mass is 320 g/mol. The molecule has 1 aliphatic rings. The molecule has 2 rings (SSSR count). The maximum Gasteiger partial charge on any atom is 0.0185 e. The van der Waals surface area contributed by atoms with Gasteiger partial charge >= 0.3 is 0 Å². The highest BCUT2D eigenvalue weighted by atomic mass is 32.2. The van der Waals surface area contributed by atoms with Gasteiger partial charge in [0.05, 0.1) is 0 Å². The van der Waals surface area contributed by atoms with Crippen molar-refractivity contribution in [3.05, 3.63) is 35.9 Å². The highest BCUT2D eigenvalue weighted by molar-refractivity contribution is 7.98. The van der Waals surface area contributed by atoms with Crippen molar-refractivity contribution in [3.63, 3.8) is 0 Å². The van der Waals surface area contributed by atoms with E-state index >= 15 is 0 Å². The Kier molecular flexibility index (Phi) is 8.99. The second kappa shape index (κ2) is 11.1. The molecule has 1 N–H and O–H groups in total. The first-order valence-corrected chi connectivity index (χ1v) is 10.1. The highest BCUT2D eigenvalue weighted by Gasteiger charge is 2.18. The fraction of sp³-hybridized carbons (Fsp3) is 0.684. The van der Waals surface area contributed by atoms with Gasteiger partial charge in [-0.05, 0) is 24.9 Å². The van der Waals surface area contributed by atoms with E-state index in [1.54, 1.807) is 0 Å². The van der Waals surface area contributed by atoms with Gasteiger partial charge in [0.1, 0.15) is 0 Å². The summed E-state index contributed by atoms with van der Waals surface area (Å²) in [6.45, 7) is 6.99. The van der Waals surface area contributed by atoms with Gasteiger partial charge in [-0.15, -0.1) is 0 Å². The summed E-state index contributed by atoms with van der Waals surface area (Å²) in [7, 11) is 0. The zero-order valence-corrected chi connectivity index (χ0v) is 14.9. The van der Waals surface area contributed by atoms with Crippen LogP contribution in [0, 0.1) is 0 Å². The van der Waals surface area contributed by atoms with Crippen LogP contribution in [0.2, 0.25) is 0 Å². The molecule has 1 fully saturated rings. The van der Waals surface area contributed by atoms with Crippen molar-refractivity contribution in [1.82, 2.24) is 10.2 Å². The predicted molar refractivity (Wildman–Crippen MR) is 99.6 cm³/mol. The number of likely N-dealkylation sites (N-methyl/N-ethyl adjacent to an activating group) is 1. The maximum absolute atomic E-state index is 3.61. The van der Waals surface area contributed by atoms with Crippen LogP contribution in [-0.4, -0.2) is 42.9 Å². The Labute approximate surface area is 141 Å². The minimum atomic E-state index is 0.855. The molecule has 1 aromatic carbocycles. The van der Waals surface area contributed by atoms with Gasteiger partial charge in [-0.25, -0.2) is 0 Å². The number of nitrogens with one attached hydrogen (secondary N) is 1. The molecular formula is C19H32N2S. The van der Waals surface area contributed by atoms with Gasteiger partial charge in [0.15, 0.2) is 0 Å². The minimum absolute atomic E-state index is 0.855. The van der Waals surface area contributed by atoms with Crippen molar-refractivity contribution in [1.29, 1.82) is 0 Å². The van der Waals surface area contributed by atoms with E-state index in [4.69, 9.17) is 0 Å². The van der Waals surface area contributed by atoms with Gasteiger partial charge in [0, 0.05) is 37.2 Å². The van der Waals surface area contributed by atoms with E-state index in [0.717, 1.165) is 24.9 Å². The third kappa shape index (κ3) is 6.72. The van der Waals surface area contributed by atoms with Crippen molar-refractivity contribution in [2.24, 2.45) is 0 Å². The smallest absolute Gasteiger partial charge is 0.0185 e. The van der Waals surface area contributed by atoms with E-state index in [2.05, 4.69) is 47.5 Å². The lowest BCUT2D eigenvalue weighted by molar-refractivity contribution is 0.165. The summed E-state index contributed by atoms with van der Waals surface area (Å²) in [6.07, 6.45) is 7.15. The molecule has 0 saturated heterocycles. The largest absolute Gasteiger partial charge is 0.315 e. The number of benzene rings is 1. The molecule has 0 radical (unpaired) electrons. The lowest BCUT2D eigenvalue weighted by Gasteiger charge is -2.33. The van der Waals surface area contributed by atoms with Crippen LogP contribution in [0.1, 0.15) is 44.6 Å². The molecule has 0 aliphatic heterocycles. The van der Waals surface area contributed by atoms with Crippen molar-refractivity contribution in [2.75, 3.05) is 31.9 Å². The average Bonchev–Trinajstić information content (AvgIpc) is 2.59. The van der Waals surface area contributed by atoms with E-state index in [9.17, 15) is 0 Å². The first-order valence-electron chi connectivity index (χ1n) is 8.96. The zero-order valence-electron chi connectivity index (χ0n) is 14.1. The van der Waals surface area contributed by atoms with Crippen LogP contribution in [0.4, 0.5) is 0 Å². The number of nitrogens with zero attached hydrogens (tertiary/aromatic N) is 1. The van der Waals surface area contributed by atoms with Crippen LogP contribution in [0.3, 0.4) is 0 Å². The van der Waals surface area contributed by atoms with Gasteiger partial charge < -0.3 is 5.32 Å². The Bertz CT molecular complexity index is 376. The molecule has 0 heterocycles. The van der Waals surface area contributed by atoms with E-state index in [1.165, 1.54) is 56.5 Å². The van der Waals surface area contributed by atoms with E-state index in [-0.39, 0.29) is 0 Å². The quantitative estimate of drug-likeness (QED) is 0.652. The first kappa shape index (κ1) is 17.8. The van der Waals surface area contributed by atoms with E-state index in [1.807, 2.05) is 11.8 Å². The second-order valence-electron chi connectivity index (χ2n) is 6.21. The molecule has 124 valence electrons. The Balaban J connectivity index is 1.49. The van der Waals surface area contributed by atoms with Crippen molar-refractivity contribution in [3.8, 4) is 0 Å². The number of hydrogen-bond acceptors (Lipinski definition) is 3. The average molecular weight is 321 g/mol. The predicted octanol–water partition coefficient (Wildman–Crippen LogP) is 4.16. The summed E-state index contributed by atoms with van der Waals surface area (Å²) in [5, 5.41) is 3.61. The topological polar surface area (TPSA) is 15.3 Å². The summed E-state index contributed by atoms with van der Waals surface area (Å²) in [5.74, 6) is 2.33. The Morgan fingerprint density at radius 3 is 2.59 bits per heavy atom. The minimum Gasteiger partial charge on any atom is -0.315 e. The van der Waals surface area contributed by atoms with Crippen LogP contribution < -0.4 is 5.32 Å². The van der Waals surface area contributed by atoms with Crippen molar-refractivity contribution in [2.45, 2.75) is 50.8 Å². The summed E-state index contributed by atoms with van der Waals surface area (Å²) >= 11 is 2.02. The van der Waals surface area contributed by atoms with Gasteiger partial charge in [-0.3, -0.25) is 4.90 Å². The van der Waals surface area contributed by atoms with E-state index < -0.39 is 0 Å². The standard InChI is InChI=1S/C19H32N2S/c1-2-21(19-11-7-4-8-12-19)15-13-20-14-16-22-17-18-9-5-3-6-10-18/h3,5-6,9-10,19-20H,2,4,7-8,11-17H2,1H3. The van der Waals surface area contributed by atoms with Crippen LogP contribution in [0.5, 0.6) is 0 Å². The molecule has 0 aromatic heterocycles. The molecule has 0 unspecified atom stereocenters. The summed E-state index contributed by atoms with van der Waals surface area (Å²) < 4.78 is 0. The summed E-state index contributed by atoms with van der Waals surface area (Å²) in [5.41, 5.74) is 1.43. The van der Waals surface area contributed by atoms with Crippen molar-refractivity contribution >= 4 is 11.8 Å². The van der Waals surface area contributed by atoms with Crippen molar-refractivity contribution < 1.29 is 0 Å². The normalized spacial score (nSPS) is 16.3. The van der Waals surface area contributed by atoms with Crippen LogP contribution in [0.25, 0.3) is 0 Å². The maximum atomic E-state index is 3.61. The van der Waals surface area contributed by atoms with Gasteiger partial charge in [0.2, 0.25) is 0 Å². The molecule has 0 atom stereocenters. The fourth-order valence-corrected chi connectivity index (χ4v) is 4.16. The first-order chi connectivity index (χ1) is 10.9. The van der Waals surface area contributed by atoms with Gasteiger partial charge in [0.25, 0.3) is 0 Å². The van der Waals surface area contributed by atoms with Crippen LogP contribution in [-0.2, 0) is 5.75 Å². The third-order valence-electron chi connectivity index (χ3n) is 4.61. The zero-order chi connectivity index (χ0) is 15.5. The molecule has 22 heavy (non-hydrogen) atoms. The summed E-state index contributed by atoms with van der Waals surface area (Å²) in [4.78, 5) is 2.68. The molecule has 0 amide bonds. The Morgan fingerprint density at radius 1 is 1.09 bits per heavy atom. The summed E-state index contributed by atoms with van der Waals surface area (Å²) in [6, 6.07) is 11.6. The SMILES string of the molecule is CCN(CCNCCSCc1ccccc1)C1CCCCC1. The molecule has 1 aliphatic carbocycles. The van der Waals surface area contributed by atoms with Crippen LogP contribution >= 0.6 is 11.8 Å². The second-order valence-corrected chi connectivity index (χ2v) is 7.31. The lowest BCUT2D eigenvalue weighted by Crippen LogP contribution is -2.41. The number of thioether (sulfide) groups is 1. The molecule has 2 nitrogen and oxygen atoms in total. The van der Waals surface area contributed by atoms with E-state index in [0.29, 0.717) is 0 Å². The lowest BCUT2D eigenvalue weighted by atomic mass is 9.94.